The predicted molar refractivity (Wildman–Crippen MR) is 195 cm³/mol. The van der Waals surface area contributed by atoms with Crippen LogP contribution < -0.4 is 4.57 Å². The van der Waals surface area contributed by atoms with Gasteiger partial charge < -0.3 is 8.83 Å². The van der Waals surface area contributed by atoms with Crippen molar-refractivity contribution in [3.8, 4) is 17.1 Å². The Bertz CT molecular complexity index is 2720. The van der Waals surface area contributed by atoms with Gasteiger partial charge in [-0.25, -0.2) is 4.57 Å². The van der Waals surface area contributed by atoms with Crippen molar-refractivity contribution in [2.75, 3.05) is 0 Å². The van der Waals surface area contributed by atoms with Crippen LogP contribution in [0.4, 0.5) is 0 Å². The second-order valence-electron chi connectivity index (χ2n) is 13.6. The highest BCUT2D eigenvalue weighted by atomic mass is 16.3. The number of benzene rings is 6. The van der Waals surface area contributed by atoms with Gasteiger partial charge in [-0.05, 0) is 60.0 Å². The first-order chi connectivity index (χ1) is 22.8. The summed E-state index contributed by atoms with van der Waals surface area (Å²) in [4.78, 5) is 0. The van der Waals surface area contributed by atoms with Crippen LogP contribution in [-0.4, -0.2) is 4.57 Å². The molecule has 0 amide bonds. The number of furan rings is 2. The van der Waals surface area contributed by atoms with Gasteiger partial charge in [-0.2, -0.15) is 4.57 Å². The normalized spacial score (nSPS) is 12.4. The van der Waals surface area contributed by atoms with Gasteiger partial charge in [0.2, 0.25) is 0 Å². The molecule has 0 fully saturated rings. The first-order valence-corrected chi connectivity index (χ1v) is 16.6. The Labute approximate surface area is 273 Å². The molecule has 3 heterocycles. The molecule has 0 radical (unpaired) electrons. The van der Waals surface area contributed by atoms with Crippen molar-refractivity contribution >= 4 is 65.7 Å². The van der Waals surface area contributed by atoms with E-state index in [-0.39, 0.29) is 11.8 Å². The van der Waals surface area contributed by atoms with Gasteiger partial charge in [-0.15, -0.1) is 0 Å². The summed E-state index contributed by atoms with van der Waals surface area (Å²) >= 11 is 0. The number of nitrogens with zero attached hydrogens (tertiary/aromatic N) is 2. The Balaban J connectivity index is 1.49. The third-order valence-corrected chi connectivity index (χ3v) is 10.1. The summed E-state index contributed by atoms with van der Waals surface area (Å²) < 4.78 is 18.6. The molecule has 47 heavy (non-hydrogen) atoms. The second-order valence-corrected chi connectivity index (χ2v) is 13.6. The fourth-order valence-corrected chi connectivity index (χ4v) is 7.89. The maximum absolute atomic E-state index is 6.99. The molecule has 0 N–H and O–H groups in total. The van der Waals surface area contributed by atoms with E-state index in [1.54, 1.807) is 0 Å². The number of fused-ring (bicyclic) bond motifs is 9. The van der Waals surface area contributed by atoms with Gasteiger partial charge in [0, 0.05) is 38.1 Å². The molecule has 3 aromatic heterocycles. The van der Waals surface area contributed by atoms with E-state index in [1.165, 1.54) is 33.2 Å². The first-order valence-electron chi connectivity index (χ1n) is 16.6. The van der Waals surface area contributed by atoms with Crippen molar-refractivity contribution in [1.82, 2.24) is 4.57 Å². The number of hydrogen-bond donors (Lipinski definition) is 0. The van der Waals surface area contributed by atoms with Crippen molar-refractivity contribution in [3.05, 3.63) is 120 Å². The third-order valence-electron chi connectivity index (χ3n) is 10.1. The lowest BCUT2D eigenvalue weighted by Gasteiger charge is -2.19. The zero-order valence-corrected chi connectivity index (χ0v) is 27.7. The Morgan fingerprint density at radius 2 is 1.32 bits per heavy atom. The van der Waals surface area contributed by atoms with Gasteiger partial charge >= 0.3 is 0 Å². The van der Waals surface area contributed by atoms with Crippen LogP contribution in [0.1, 0.15) is 56.2 Å². The van der Waals surface area contributed by atoms with E-state index >= 15 is 0 Å². The van der Waals surface area contributed by atoms with Crippen LogP contribution in [0.25, 0.3) is 82.8 Å². The van der Waals surface area contributed by atoms with Crippen LogP contribution in [0, 0.1) is 6.92 Å². The summed E-state index contributed by atoms with van der Waals surface area (Å²) in [7, 11) is 2.19. The molecule has 0 aliphatic heterocycles. The molecule has 0 atom stereocenters. The molecule has 6 aromatic carbocycles. The van der Waals surface area contributed by atoms with Crippen molar-refractivity contribution < 1.29 is 13.4 Å². The first kappa shape index (κ1) is 27.9. The molecular formula is C43H37N2O2+. The molecule has 230 valence electrons. The van der Waals surface area contributed by atoms with Crippen molar-refractivity contribution in [1.29, 1.82) is 0 Å². The van der Waals surface area contributed by atoms with Crippen molar-refractivity contribution in [2.45, 2.75) is 46.5 Å². The van der Waals surface area contributed by atoms with Gasteiger partial charge in [0.05, 0.1) is 7.05 Å². The van der Waals surface area contributed by atoms with Gasteiger partial charge in [-0.3, -0.25) is 0 Å². The lowest BCUT2D eigenvalue weighted by Crippen LogP contribution is -2.30. The molecule has 0 saturated carbocycles. The molecule has 9 aromatic rings. The molecule has 4 nitrogen and oxygen atoms in total. The minimum atomic E-state index is 0.209. The highest BCUT2D eigenvalue weighted by molar-refractivity contribution is 6.17. The third kappa shape index (κ3) is 3.85. The zero-order chi connectivity index (χ0) is 32.1. The second kappa shape index (κ2) is 10.1. The van der Waals surface area contributed by atoms with Crippen LogP contribution >= 0.6 is 0 Å². The highest BCUT2D eigenvalue weighted by Gasteiger charge is 2.35. The topological polar surface area (TPSA) is 35.1 Å². The number of aromatic nitrogens is 2. The summed E-state index contributed by atoms with van der Waals surface area (Å²) in [6, 6.07) is 36.9. The molecular weight excluding hydrogens is 576 g/mol. The monoisotopic (exact) mass is 613 g/mol. The van der Waals surface area contributed by atoms with Crippen LogP contribution in [0.2, 0.25) is 0 Å². The van der Waals surface area contributed by atoms with E-state index in [9.17, 15) is 0 Å². The largest absolute Gasteiger partial charge is 0.456 e. The summed E-state index contributed by atoms with van der Waals surface area (Å²) in [5, 5.41) is 6.93. The molecule has 0 aliphatic carbocycles. The zero-order valence-electron chi connectivity index (χ0n) is 27.7. The summed E-state index contributed by atoms with van der Waals surface area (Å²) in [5.41, 5.74) is 12.1. The van der Waals surface area contributed by atoms with E-state index in [2.05, 4.69) is 154 Å². The fourth-order valence-electron chi connectivity index (χ4n) is 7.89. The van der Waals surface area contributed by atoms with Crippen molar-refractivity contribution in [2.24, 2.45) is 7.05 Å². The quantitative estimate of drug-likeness (QED) is 0.185. The van der Waals surface area contributed by atoms with Gasteiger partial charge in [0.15, 0.2) is 16.6 Å². The van der Waals surface area contributed by atoms with E-state index < -0.39 is 0 Å². The molecule has 4 heteroatoms. The average Bonchev–Trinajstić information content (AvgIpc) is 3.73. The Morgan fingerprint density at radius 1 is 0.617 bits per heavy atom. The number of imidazole rings is 1. The Hall–Kier alpha value is -5.35. The Morgan fingerprint density at radius 3 is 2.13 bits per heavy atom. The molecule has 9 rings (SSSR count). The summed E-state index contributed by atoms with van der Waals surface area (Å²) in [6.45, 7) is 11.4. The van der Waals surface area contributed by atoms with E-state index in [1.807, 2.05) is 0 Å². The van der Waals surface area contributed by atoms with Gasteiger partial charge in [-0.1, -0.05) is 100 Å². The van der Waals surface area contributed by atoms with Gasteiger partial charge in [0.25, 0.3) is 5.82 Å². The smallest absolute Gasteiger partial charge is 0.299 e. The van der Waals surface area contributed by atoms with Crippen LogP contribution in [0.5, 0.6) is 0 Å². The van der Waals surface area contributed by atoms with E-state index in [4.69, 9.17) is 8.83 Å². The average molecular weight is 614 g/mol. The van der Waals surface area contributed by atoms with Crippen LogP contribution in [-0.2, 0) is 7.05 Å². The molecule has 0 saturated heterocycles. The summed E-state index contributed by atoms with van der Waals surface area (Å²) in [5.74, 6) is 1.58. The standard InChI is InChI=1S/C43H37N2O2/c1-24(2)32-23-33-29-15-9-12-18-36(29)46-42(33)37(25(3)4)39(32)45-35-17-11-10-16-34(35)44(6)43(45)38-26(5)19-21-31-30-22-20-27-13-7-8-14-28(27)40(30)47-41(31)38/h7-25H,1-6H3/q+1. The number of hydrogen-bond acceptors (Lipinski definition) is 2. The lowest BCUT2D eigenvalue weighted by molar-refractivity contribution is -0.633. The lowest BCUT2D eigenvalue weighted by atomic mass is 9.89. The number of para-hydroxylation sites is 3. The number of aryl methyl sites for hydroxylation is 2. The Kier molecular flexibility index (Phi) is 5.98. The van der Waals surface area contributed by atoms with E-state index in [0.29, 0.717) is 0 Å². The van der Waals surface area contributed by atoms with Crippen molar-refractivity contribution in [3.63, 3.8) is 0 Å². The highest BCUT2D eigenvalue weighted by Crippen LogP contribution is 2.46. The predicted octanol–water partition coefficient (Wildman–Crippen LogP) is 11.6. The van der Waals surface area contributed by atoms with Gasteiger partial charge in [0.1, 0.15) is 28.0 Å². The summed E-state index contributed by atoms with van der Waals surface area (Å²) in [6.07, 6.45) is 0. The van der Waals surface area contributed by atoms with Crippen LogP contribution in [0.3, 0.4) is 0 Å². The maximum Gasteiger partial charge on any atom is 0.299 e. The van der Waals surface area contributed by atoms with Crippen LogP contribution in [0.15, 0.2) is 112 Å². The van der Waals surface area contributed by atoms with E-state index in [0.717, 1.165) is 66.3 Å². The minimum absolute atomic E-state index is 0.209. The molecule has 0 spiro atoms. The molecule has 0 bridgehead atoms. The minimum Gasteiger partial charge on any atom is -0.456 e. The maximum atomic E-state index is 6.99. The number of rotatable bonds is 4. The molecule has 0 aliphatic rings. The molecule has 0 unspecified atom stereocenters. The SMILES string of the molecule is Cc1ccc2c(oc3c4ccccc4ccc23)c1-c1n(-c2c(C(C)C)cc3c(oc4ccccc43)c2C(C)C)c2ccccc2[n+]1C. The fraction of sp³-hybridized carbons (Fsp3) is 0.186.